The second-order valence-corrected chi connectivity index (χ2v) is 10.8. The van der Waals surface area contributed by atoms with Gasteiger partial charge in [0.2, 0.25) is 11.8 Å². The molecule has 2 heterocycles. The zero-order chi connectivity index (χ0) is 28.1. The maximum atomic E-state index is 13.6. The minimum atomic E-state index is -0.555. The average molecular weight is 546 g/mol. The molecule has 0 saturated carbocycles. The monoisotopic (exact) mass is 545 g/mol. The van der Waals surface area contributed by atoms with Crippen LogP contribution in [0.5, 0.6) is 5.75 Å². The zero-order valence-corrected chi connectivity index (χ0v) is 23.4. The maximum absolute atomic E-state index is 13.6. The van der Waals surface area contributed by atoms with Crippen molar-refractivity contribution >= 4 is 17.8 Å². The number of hydrogen-bond acceptors (Lipinski definition) is 5. The van der Waals surface area contributed by atoms with E-state index in [2.05, 4.69) is 24.4 Å². The number of allylic oxidation sites excluding steroid dienone is 2. The second-order valence-electron chi connectivity index (χ2n) is 10.8. The Kier molecular flexibility index (Phi) is 8.69. The molecular formula is C31H39N5O4. The molecule has 212 valence electrons. The summed E-state index contributed by atoms with van der Waals surface area (Å²) < 4.78 is 5.68. The van der Waals surface area contributed by atoms with E-state index in [1.165, 1.54) is 5.56 Å². The normalized spacial score (nSPS) is 20.8. The van der Waals surface area contributed by atoms with Crippen molar-refractivity contribution in [2.45, 2.75) is 64.2 Å². The number of ether oxygens (including phenoxy) is 1. The van der Waals surface area contributed by atoms with E-state index >= 15 is 0 Å². The predicted molar refractivity (Wildman–Crippen MR) is 152 cm³/mol. The van der Waals surface area contributed by atoms with Gasteiger partial charge in [0, 0.05) is 26.6 Å². The number of nitrogens with one attached hydrogen (secondary N) is 1. The molecule has 2 aromatic carbocycles. The SMILES string of the molecule is CCCC[C@H]1C(=O)N(CCCc2ccccc2)C[C@H]2N1C(=O)CN(C)N2C(=O)NCc1ccc(OC2=CC2)cc1. The lowest BCUT2D eigenvalue weighted by Gasteiger charge is -2.54. The summed E-state index contributed by atoms with van der Waals surface area (Å²) in [5.41, 5.74) is 2.18. The van der Waals surface area contributed by atoms with Crippen molar-refractivity contribution in [2.75, 3.05) is 26.7 Å². The van der Waals surface area contributed by atoms with Crippen LogP contribution in [0.25, 0.3) is 0 Å². The van der Waals surface area contributed by atoms with Crippen molar-refractivity contribution in [1.82, 2.24) is 25.1 Å². The highest BCUT2D eigenvalue weighted by Gasteiger charge is 2.50. The standard InChI is InChI=1S/C31H39N5O4/c1-3-4-12-27-30(38)34(19-8-11-23-9-6-5-7-10-23)21-28-35(27)29(37)22-33(2)36(28)31(39)32-20-24-13-15-25(16-14-24)40-26-17-18-26/h5-7,9-10,13-17,27-28H,3-4,8,11-12,18-22H2,1-2H3,(H,32,39)/t27-,28-/m0/s1. The minimum Gasteiger partial charge on any atom is -0.462 e. The average Bonchev–Trinajstić information content (AvgIpc) is 3.77. The lowest BCUT2D eigenvalue weighted by molar-refractivity contribution is -0.187. The zero-order valence-electron chi connectivity index (χ0n) is 23.4. The van der Waals surface area contributed by atoms with E-state index in [4.69, 9.17) is 4.74 Å². The Balaban J connectivity index is 1.28. The van der Waals surface area contributed by atoms with E-state index in [9.17, 15) is 14.4 Å². The van der Waals surface area contributed by atoms with Crippen LogP contribution in [-0.4, -0.2) is 76.6 Å². The number of benzene rings is 2. The summed E-state index contributed by atoms with van der Waals surface area (Å²) >= 11 is 0. The van der Waals surface area contributed by atoms with Crippen LogP contribution in [-0.2, 0) is 22.6 Å². The maximum Gasteiger partial charge on any atom is 0.334 e. The van der Waals surface area contributed by atoms with Crippen molar-refractivity contribution in [1.29, 1.82) is 0 Å². The molecule has 2 atom stereocenters. The Morgan fingerprint density at radius 1 is 1.02 bits per heavy atom. The molecule has 3 aliphatic rings. The third-order valence-corrected chi connectivity index (χ3v) is 7.70. The molecule has 5 rings (SSSR count). The number of likely N-dealkylation sites (N-methyl/N-ethyl adjacent to an activating group) is 1. The Hall–Kier alpha value is -3.85. The molecule has 0 unspecified atom stereocenters. The van der Waals surface area contributed by atoms with E-state index in [-0.39, 0.29) is 24.4 Å². The van der Waals surface area contributed by atoms with Crippen LogP contribution in [0, 0.1) is 0 Å². The van der Waals surface area contributed by atoms with Crippen molar-refractivity contribution < 1.29 is 19.1 Å². The van der Waals surface area contributed by atoms with Crippen LogP contribution in [0.3, 0.4) is 0 Å². The second kappa shape index (κ2) is 12.6. The van der Waals surface area contributed by atoms with E-state index in [1.54, 1.807) is 22.0 Å². The highest BCUT2D eigenvalue weighted by Crippen LogP contribution is 2.29. The van der Waals surface area contributed by atoms with Gasteiger partial charge >= 0.3 is 6.03 Å². The van der Waals surface area contributed by atoms with Crippen LogP contribution >= 0.6 is 0 Å². The fourth-order valence-corrected chi connectivity index (χ4v) is 5.51. The van der Waals surface area contributed by atoms with Gasteiger partial charge in [0.25, 0.3) is 0 Å². The highest BCUT2D eigenvalue weighted by atomic mass is 16.5. The summed E-state index contributed by atoms with van der Waals surface area (Å²) in [6.45, 7) is 3.35. The van der Waals surface area contributed by atoms with Crippen LogP contribution in [0.1, 0.15) is 50.2 Å². The molecule has 1 N–H and O–H groups in total. The fraction of sp³-hybridized carbons (Fsp3) is 0.452. The number of carbonyl (C=O) groups is 3. The Bertz CT molecular complexity index is 1230. The van der Waals surface area contributed by atoms with Gasteiger partial charge < -0.3 is 19.9 Å². The van der Waals surface area contributed by atoms with Gasteiger partial charge in [0.05, 0.1) is 13.1 Å². The highest BCUT2D eigenvalue weighted by molar-refractivity contribution is 5.91. The first-order chi connectivity index (χ1) is 19.4. The van der Waals surface area contributed by atoms with Crippen molar-refractivity contribution in [3.63, 3.8) is 0 Å². The van der Waals surface area contributed by atoms with E-state index in [1.807, 2.05) is 53.4 Å². The predicted octanol–water partition coefficient (Wildman–Crippen LogP) is 3.91. The van der Waals surface area contributed by atoms with Gasteiger partial charge in [0.1, 0.15) is 23.7 Å². The van der Waals surface area contributed by atoms with Gasteiger partial charge in [-0.1, -0.05) is 62.2 Å². The molecule has 9 heteroatoms. The fourth-order valence-electron chi connectivity index (χ4n) is 5.51. The first-order valence-corrected chi connectivity index (χ1v) is 14.3. The number of aryl methyl sites for hydroxylation is 1. The molecule has 40 heavy (non-hydrogen) atoms. The molecule has 2 aromatic rings. The van der Waals surface area contributed by atoms with Crippen molar-refractivity contribution in [3.8, 4) is 5.75 Å². The first-order valence-electron chi connectivity index (χ1n) is 14.3. The van der Waals surface area contributed by atoms with Crippen LogP contribution in [0.15, 0.2) is 66.4 Å². The molecule has 0 aromatic heterocycles. The lowest BCUT2D eigenvalue weighted by atomic mass is 10.0. The third kappa shape index (κ3) is 6.47. The number of rotatable bonds is 11. The van der Waals surface area contributed by atoms with E-state index in [0.29, 0.717) is 26.1 Å². The van der Waals surface area contributed by atoms with Gasteiger partial charge in [-0.3, -0.25) is 9.59 Å². The van der Waals surface area contributed by atoms with Gasteiger partial charge in [-0.05, 0) is 48.6 Å². The van der Waals surface area contributed by atoms with E-state index in [0.717, 1.165) is 49.2 Å². The van der Waals surface area contributed by atoms with Crippen molar-refractivity contribution in [2.24, 2.45) is 0 Å². The van der Waals surface area contributed by atoms with Crippen LogP contribution < -0.4 is 10.1 Å². The Labute approximate surface area is 236 Å². The minimum absolute atomic E-state index is 0.0136. The molecule has 2 saturated heterocycles. The molecule has 1 aliphatic carbocycles. The largest absolute Gasteiger partial charge is 0.462 e. The molecule has 2 fully saturated rings. The number of hydrazine groups is 1. The molecule has 0 bridgehead atoms. The number of carbonyl (C=O) groups excluding carboxylic acids is 3. The van der Waals surface area contributed by atoms with Gasteiger partial charge in [-0.15, -0.1) is 0 Å². The summed E-state index contributed by atoms with van der Waals surface area (Å²) in [4.78, 5) is 44.0. The quantitative estimate of drug-likeness (QED) is 0.463. The molecule has 9 nitrogen and oxygen atoms in total. The molecule has 0 radical (unpaired) electrons. The van der Waals surface area contributed by atoms with Crippen molar-refractivity contribution in [3.05, 3.63) is 77.6 Å². The van der Waals surface area contributed by atoms with Crippen LogP contribution in [0.4, 0.5) is 4.79 Å². The number of unbranched alkanes of at least 4 members (excludes halogenated alkanes) is 1. The summed E-state index contributed by atoms with van der Waals surface area (Å²) in [7, 11) is 1.75. The Morgan fingerprint density at radius 2 is 1.77 bits per heavy atom. The summed E-state index contributed by atoms with van der Waals surface area (Å²) in [6.07, 6.45) is 6.41. The number of piperazine rings is 1. The number of nitrogens with zero attached hydrogens (tertiary/aromatic N) is 4. The van der Waals surface area contributed by atoms with Gasteiger partial charge in [-0.25, -0.2) is 14.8 Å². The molecule has 0 spiro atoms. The molecular weight excluding hydrogens is 506 g/mol. The Morgan fingerprint density at radius 3 is 2.48 bits per heavy atom. The number of urea groups is 1. The summed E-state index contributed by atoms with van der Waals surface area (Å²) in [6, 6.07) is 17.0. The van der Waals surface area contributed by atoms with Gasteiger partial charge in [-0.2, -0.15) is 0 Å². The van der Waals surface area contributed by atoms with E-state index < -0.39 is 12.2 Å². The number of fused-ring (bicyclic) bond motifs is 1. The number of amides is 4. The third-order valence-electron chi connectivity index (χ3n) is 7.70. The number of hydrogen-bond donors (Lipinski definition) is 1. The molecule has 2 aliphatic heterocycles. The first kappa shape index (κ1) is 27.7. The molecule has 4 amide bonds. The van der Waals surface area contributed by atoms with Crippen LogP contribution in [0.2, 0.25) is 0 Å². The summed E-state index contributed by atoms with van der Waals surface area (Å²) in [5, 5.41) is 6.31. The lowest BCUT2D eigenvalue weighted by Crippen LogP contribution is -2.76. The topological polar surface area (TPSA) is 85.4 Å². The smallest absolute Gasteiger partial charge is 0.334 e. The summed E-state index contributed by atoms with van der Waals surface area (Å²) in [5.74, 6) is 1.63. The van der Waals surface area contributed by atoms with Gasteiger partial charge in [0.15, 0.2) is 0 Å².